The molecule has 0 saturated heterocycles. The molecule has 0 aliphatic carbocycles. The molecule has 0 aliphatic heterocycles. The van der Waals surface area contributed by atoms with Gasteiger partial charge in [-0.1, -0.05) is 18.2 Å². The maximum atomic E-state index is 11.3. The fourth-order valence-corrected chi connectivity index (χ4v) is 2.79. The quantitative estimate of drug-likeness (QED) is 0.663. The zero-order valence-electron chi connectivity index (χ0n) is 10.7. The molecule has 0 fully saturated rings. The molecule has 3 rings (SSSR count). The predicted molar refractivity (Wildman–Crippen MR) is 77.6 cm³/mol. The van der Waals surface area contributed by atoms with Crippen LogP contribution in [0.5, 0.6) is 0 Å². The van der Waals surface area contributed by atoms with E-state index in [1.807, 2.05) is 24.3 Å². The smallest absolute Gasteiger partial charge is 0.171 e. The zero-order chi connectivity index (χ0) is 13.4. The average molecular weight is 268 g/mol. The minimum absolute atomic E-state index is 0.0428. The van der Waals surface area contributed by atoms with Crippen LogP contribution in [-0.2, 0) is 0 Å². The molecule has 0 spiro atoms. The molecule has 0 amide bonds. The maximum Gasteiger partial charge on any atom is 0.171 e. The van der Waals surface area contributed by atoms with E-state index in [4.69, 9.17) is 0 Å². The van der Waals surface area contributed by atoms with Crippen molar-refractivity contribution < 1.29 is 4.79 Å². The molecule has 0 atom stereocenters. The van der Waals surface area contributed by atoms with Crippen molar-refractivity contribution in [2.75, 3.05) is 0 Å². The summed E-state index contributed by atoms with van der Waals surface area (Å²) in [4.78, 5) is 20.9. The SMILES string of the molecule is CC(=O)c1cnc(-c2cc(C)c3ccccc3n2)s1. The summed E-state index contributed by atoms with van der Waals surface area (Å²) < 4.78 is 0. The van der Waals surface area contributed by atoms with Crippen molar-refractivity contribution in [1.82, 2.24) is 9.97 Å². The van der Waals surface area contributed by atoms with Gasteiger partial charge in [-0.15, -0.1) is 11.3 Å². The van der Waals surface area contributed by atoms with Gasteiger partial charge in [0.25, 0.3) is 0 Å². The lowest BCUT2D eigenvalue weighted by atomic mass is 10.1. The zero-order valence-corrected chi connectivity index (χ0v) is 11.5. The van der Waals surface area contributed by atoms with Crippen molar-refractivity contribution in [1.29, 1.82) is 0 Å². The lowest BCUT2D eigenvalue weighted by Crippen LogP contribution is -1.87. The summed E-state index contributed by atoms with van der Waals surface area (Å²) in [7, 11) is 0. The van der Waals surface area contributed by atoms with Crippen LogP contribution in [0.25, 0.3) is 21.6 Å². The van der Waals surface area contributed by atoms with E-state index in [-0.39, 0.29) is 5.78 Å². The van der Waals surface area contributed by atoms with Crippen LogP contribution in [0.2, 0.25) is 0 Å². The normalized spacial score (nSPS) is 10.8. The molecule has 19 heavy (non-hydrogen) atoms. The Labute approximate surface area is 115 Å². The molecular weight excluding hydrogens is 256 g/mol. The Bertz CT molecular complexity index is 777. The first kappa shape index (κ1) is 12.0. The van der Waals surface area contributed by atoms with Gasteiger partial charge in [0.15, 0.2) is 5.78 Å². The van der Waals surface area contributed by atoms with E-state index in [0.29, 0.717) is 4.88 Å². The second-order valence-electron chi connectivity index (χ2n) is 4.43. The van der Waals surface area contributed by atoms with E-state index < -0.39 is 0 Å². The summed E-state index contributed by atoms with van der Waals surface area (Å²) in [6, 6.07) is 10.1. The molecule has 2 heterocycles. The highest BCUT2D eigenvalue weighted by Crippen LogP contribution is 2.27. The number of fused-ring (bicyclic) bond motifs is 1. The van der Waals surface area contributed by atoms with Gasteiger partial charge in [0, 0.05) is 18.5 Å². The Hall–Kier alpha value is -2.07. The van der Waals surface area contributed by atoms with Crippen molar-refractivity contribution >= 4 is 28.0 Å². The largest absolute Gasteiger partial charge is 0.294 e. The monoisotopic (exact) mass is 268 g/mol. The first-order valence-corrected chi connectivity index (χ1v) is 6.80. The highest BCUT2D eigenvalue weighted by Gasteiger charge is 2.10. The second-order valence-corrected chi connectivity index (χ2v) is 5.46. The van der Waals surface area contributed by atoms with E-state index >= 15 is 0 Å². The van der Waals surface area contributed by atoms with Crippen LogP contribution in [0.1, 0.15) is 22.2 Å². The summed E-state index contributed by atoms with van der Waals surface area (Å²) in [5.74, 6) is 0.0428. The number of pyridine rings is 1. The number of hydrogen-bond acceptors (Lipinski definition) is 4. The number of aryl methyl sites for hydroxylation is 1. The molecule has 0 unspecified atom stereocenters. The van der Waals surface area contributed by atoms with E-state index in [0.717, 1.165) is 21.6 Å². The number of hydrogen-bond donors (Lipinski definition) is 0. The number of thiazole rings is 1. The first-order chi connectivity index (χ1) is 9.15. The van der Waals surface area contributed by atoms with Crippen LogP contribution >= 0.6 is 11.3 Å². The molecular formula is C15H12N2OS. The molecule has 3 aromatic rings. The third-order valence-corrected chi connectivity index (χ3v) is 4.12. The highest BCUT2D eigenvalue weighted by molar-refractivity contribution is 7.16. The number of carbonyl (C=O) groups excluding carboxylic acids is 1. The average Bonchev–Trinajstić information content (AvgIpc) is 2.88. The molecule has 3 nitrogen and oxygen atoms in total. The van der Waals surface area contributed by atoms with Gasteiger partial charge >= 0.3 is 0 Å². The number of nitrogens with zero attached hydrogens (tertiary/aromatic N) is 2. The predicted octanol–water partition coefficient (Wildman–Crippen LogP) is 3.87. The van der Waals surface area contributed by atoms with Gasteiger partial charge < -0.3 is 0 Å². The van der Waals surface area contributed by atoms with Gasteiger partial charge in [0.1, 0.15) is 5.01 Å². The number of rotatable bonds is 2. The Morgan fingerprint density at radius 2 is 2.05 bits per heavy atom. The van der Waals surface area contributed by atoms with Crippen molar-refractivity contribution in [3.05, 3.63) is 47.0 Å². The number of ketones is 1. The van der Waals surface area contributed by atoms with Gasteiger partial charge in [-0.2, -0.15) is 0 Å². The molecule has 1 aromatic carbocycles. The van der Waals surface area contributed by atoms with Gasteiger partial charge in [0.2, 0.25) is 0 Å². The summed E-state index contributed by atoms with van der Waals surface area (Å²) >= 11 is 1.39. The molecule has 2 aromatic heterocycles. The third kappa shape index (κ3) is 2.15. The number of benzene rings is 1. The van der Waals surface area contributed by atoms with Crippen LogP contribution in [0, 0.1) is 6.92 Å². The standard InChI is InChI=1S/C15H12N2OS/c1-9-7-13(15-16-8-14(19-15)10(2)18)17-12-6-4-3-5-11(9)12/h3-8H,1-2H3. The van der Waals surface area contributed by atoms with Crippen molar-refractivity contribution in [2.45, 2.75) is 13.8 Å². The summed E-state index contributed by atoms with van der Waals surface area (Å²) in [6.45, 7) is 3.61. The van der Waals surface area contributed by atoms with Gasteiger partial charge in [0.05, 0.1) is 16.1 Å². The topological polar surface area (TPSA) is 42.9 Å². The van der Waals surface area contributed by atoms with Gasteiger partial charge in [-0.05, 0) is 24.6 Å². The highest BCUT2D eigenvalue weighted by atomic mass is 32.1. The molecule has 0 aliphatic rings. The van der Waals surface area contributed by atoms with Gasteiger partial charge in [-0.25, -0.2) is 9.97 Å². The first-order valence-electron chi connectivity index (χ1n) is 5.98. The fourth-order valence-electron chi connectivity index (χ4n) is 2.01. The molecule has 94 valence electrons. The Morgan fingerprint density at radius 3 is 2.79 bits per heavy atom. The van der Waals surface area contributed by atoms with Crippen LogP contribution < -0.4 is 0 Å². The minimum atomic E-state index is 0.0428. The van der Waals surface area contributed by atoms with E-state index in [1.54, 1.807) is 13.1 Å². The van der Waals surface area contributed by atoms with Crippen molar-refractivity contribution in [2.24, 2.45) is 0 Å². The number of para-hydroxylation sites is 1. The van der Waals surface area contributed by atoms with Crippen LogP contribution in [0.3, 0.4) is 0 Å². The minimum Gasteiger partial charge on any atom is -0.294 e. The lowest BCUT2D eigenvalue weighted by molar-refractivity contribution is 0.102. The molecule has 4 heteroatoms. The van der Waals surface area contributed by atoms with E-state index in [9.17, 15) is 4.79 Å². The van der Waals surface area contributed by atoms with E-state index in [1.165, 1.54) is 16.9 Å². The third-order valence-electron chi connectivity index (χ3n) is 2.99. The molecule has 0 saturated carbocycles. The Morgan fingerprint density at radius 1 is 1.26 bits per heavy atom. The molecule has 0 radical (unpaired) electrons. The van der Waals surface area contributed by atoms with Crippen molar-refractivity contribution in [3.8, 4) is 10.7 Å². The fraction of sp³-hybridized carbons (Fsp3) is 0.133. The van der Waals surface area contributed by atoms with Crippen LogP contribution in [0.15, 0.2) is 36.5 Å². The lowest BCUT2D eigenvalue weighted by Gasteiger charge is -2.03. The Balaban J connectivity index is 2.16. The summed E-state index contributed by atoms with van der Waals surface area (Å²) in [5, 5.41) is 1.94. The number of Topliss-reactive ketones (excluding diaryl/α,β-unsaturated/α-hetero) is 1. The second kappa shape index (κ2) is 4.55. The van der Waals surface area contributed by atoms with Gasteiger partial charge in [-0.3, -0.25) is 4.79 Å². The summed E-state index contributed by atoms with van der Waals surface area (Å²) in [6.07, 6.45) is 1.62. The number of carbonyl (C=O) groups is 1. The molecule has 0 N–H and O–H groups in total. The van der Waals surface area contributed by atoms with Crippen LogP contribution in [-0.4, -0.2) is 15.8 Å². The maximum absolute atomic E-state index is 11.3. The number of aromatic nitrogens is 2. The van der Waals surface area contributed by atoms with E-state index in [2.05, 4.69) is 23.0 Å². The van der Waals surface area contributed by atoms with Crippen LogP contribution in [0.4, 0.5) is 0 Å². The summed E-state index contributed by atoms with van der Waals surface area (Å²) in [5.41, 5.74) is 2.95. The Kier molecular flexibility index (Phi) is 2.87. The molecule has 0 bridgehead atoms. The van der Waals surface area contributed by atoms with Crippen molar-refractivity contribution in [3.63, 3.8) is 0 Å².